The van der Waals surface area contributed by atoms with Crippen molar-refractivity contribution < 1.29 is 0 Å². The minimum Gasteiger partial charge on any atom is -0.359 e. The van der Waals surface area contributed by atoms with Crippen LogP contribution in [0.5, 0.6) is 0 Å². The molecule has 2 aliphatic carbocycles. The van der Waals surface area contributed by atoms with E-state index in [4.69, 9.17) is 0 Å². The van der Waals surface area contributed by atoms with E-state index in [1.165, 1.54) is 4.57 Å². The van der Waals surface area contributed by atoms with E-state index >= 15 is 0 Å². The van der Waals surface area contributed by atoms with Gasteiger partial charge in [-0.2, -0.15) is 4.98 Å². The Hall–Kier alpha value is -2.05. The fourth-order valence-electron chi connectivity index (χ4n) is 2.73. The molecule has 2 saturated carbocycles. The van der Waals surface area contributed by atoms with Crippen molar-refractivity contribution in [2.24, 2.45) is 11.8 Å². The second-order valence-corrected chi connectivity index (χ2v) is 6.23. The number of anilines is 1. The highest BCUT2D eigenvalue weighted by atomic mass is 16.2. The molecule has 0 unspecified atom stereocenters. The maximum absolute atomic E-state index is 12.7. The van der Waals surface area contributed by atoms with Crippen molar-refractivity contribution in [1.29, 1.82) is 0 Å². The van der Waals surface area contributed by atoms with Crippen LogP contribution in [0, 0.1) is 11.8 Å². The summed E-state index contributed by atoms with van der Waals surface area (Å²) in [6, 6.07) is 0. The summed E-state index contributed by atoms with van der Waals surface area (Å²) in [4.78, 5) is 32.6. The lowest BCUT2D eigenvalue weighted by Gasteiger charge is -2.10. The fraction of sp³-hybridized carbons (Fsp3) is 0.643. The van der Waals surface area contributed by atoms with Gasteiger partial charge in [-0.3, -0.25) is 13.9 Å². The third kappa shape index (κ3) is 2.16. The quantitative estimate of drug-likeness (QED) is 0.850. The topological polar surface area (TPSA) is 84.7 Å². The zero-order valence-electron chi connectivity index (χ0n) is 12.1. The molecule has 7 nitrogen and oxygen atoms in total. The van der Waals surface area contributed by atoms with Crippen molar-refractivity contribution >= 4 is 17.1 Å². The number of aromatic nitrogens is 4. The maximum atomic E-state index is 12.7. The zero-order valence-corrected chi connectivity index (χ0v) is 12.1. The second kappa shape index (κ2) is 4.47. The van der Waals surface area contributed by atoms with Gasteiger partial charge in [0.2, 0.25) is 5.95 Å². The molecule has 2 heterocycles. The summed E-state index contributed by atoms with van der Waals surface area (Å²) in [5, 5.41) is 2.90. The summed E-state index contributed by atoms with van der Waals surface area (Å²) in [5.74, 6) is 1.55. The average Bonchev–Trinajstić information content (AvgIpc) is 3.39. The molecule has 2 aromatic heterocycles. The SMILES string of the molecule is CNc1nc2c([nH]1)c(=O)n(CC1CC1)c(=O)n2CC1CC1. The van der Waals surface area contributed by atoms with E-state index < -0.39 is 0 Å². The van der Waals surface area contributed by atoms with Gasteiger partial charge in [-0.05, 0) is 37.5 Å². The number of rotatable bonds is 5. The minimum absolute atomic E-state index is 0.208. The summed E-state index contributed by atoms with van der Waals surface area (Å²) in [6.07, 6.45) is 4.52. The lowest BCUT2D eigenvalue weighted by Crippen LogP contribution is -2.41. The summed E-state index contributed by atoms with van der Waals surface area (Å²) in [6.45, 7) is 1.19. The minimum atomic E-state index is -0.247. The molecular formula is C14H19N5O2. The molecule has 2 N–H and O–H groups in total. The van der Waals surface area contributed by atoms with Gasteiger partial charge >= 0.3 is 5.69 Å². The molecule has 0 aliphatic heterocycles. The van der Waals surface area contributed by atoms with Crippen molar-refractivity contribution in [3.63, 3.8) is 0 Å². The van der Waals surface area contributed by atoms with Crippen LogP contribution in [0.1, 0.15) is 25.7 Å². The Morgan fingerprint density at radius 3 is 2.33 bits per heavy atom. The molecular weight excluding hydrogens is 270 g/mol. The Morgan fingerprint density at radius 2 is 1.76 bits per heavy atom. The van der Waals surface area contributed by atoms with Crippen LogP contribution in [0.25, 0.3) is 11.2 Å². The third-order valence-corrected chi connectivity index (χ3v) is 4.37. The van der Waals surface area contributed by atoms with Crippen LogP contribution < -0.4 is 16.6 Å². The Morgan fingerprint density at radius 1 is 1.14 bits per heavy atom. The van der Waals surface area contributed by atoms with Gasteiger partial charge in [-0.15, -0.1) is 0 Å². The molecule has 4 rings (SSSR count). The Bertz CT molecular complexity index is 807. The van der Waals surface area contributed by atoms with Gasteiger partial charge in [0.15, 0.2) is 11.2 Å². The number of fused-ring (bicyclic) bond motifs is 1. The second-order valence-electron chi connectivity index (χ2n) is 6.23. The molecule has 0 amide bonds. The number of hydrogen-bond donors (Lipinski definition) is 2. The van der Waals surface area contributed by atoms with Crippen LogP contribution in [0.2, 0.25) is 0 Å². The number of H-pyrrole nitrogens is 1. The third-order valence-electron chi connectivity index (χ3n) is 4.37. The van der Waals surface area contributed by atoms with E-state index in [1.807, 2.05) is 0 Å². The highest BCUT2D eigenvalue weighted by molar-refractivity contribution is 5.72. The first-order valence-electron chi connectivity index (χ1n) is 7.58. The first-order valence-corrected chi connectivity index (χ1v) is 7.58. The van der Waals surface area contributed by atoms with Gasteiger partial charge in [0.25, 0.3) is 5.56 Å². The lowest BCUT2D eigenvalue weighted by atomic mass is 10.3. The summed E-state index contributed by atoms with van der Waals surface area (Å²) >= 11 is 0. The molecule has 21 heavy (non-hydrogen) atoms. The van der Waals surface area contributed by atoms with Gasteiger partial charge in [-0.1, -0.05) is 0 Å². The summed E-state index contributed by atoms with van der Waals surface area (Å²) in [5.41, 5.74) is 0.456. The van der Waals surface area contributed by atoms with E-state index in [-0.39, 0.29) is 11.2 Å². The molecule has 0 saturated heterocycles. The molecule has 2 aromatic rings. The number of aromatic amines is 1. The van der Waals surface area contributed by atoms with Crippen molar-refractivity contribution in [2.45, 2.75) is 38.8 Å². The van der Waals surface area contributed by atoms with Gasteiger partial charge in [0.1, 0.15) is 0 Å². The largest absolute Gasteiger partial charge is 0.359 e. The van der Waals surface area contributed by atoms with Crippen LogP contribution in [0.3, 0.4) is 0 Å². The van der Waals surface area contributed by atoms with Crippen LogP contribution >= 0.6 is 0 Å². The fourth-order valence-corrected chi connectivity index (χ4v) is 2.73. The van der Waals surface area contributed by atoms with E-state index in [0.29, 0.717) is 42.0 Å². The Kier molecular flexibility index (Phi) is 2.70. The molecule has 0 bridgehead atoms. The number of nitrogens with zero attached hydrogens (tertiary/aromatic N) is 3. The first kappa shape index (κ1) is 12.7. The molecule has 0 atom stereocenters. The standard InChI is InChI=1S/C14H19N5O2/c1-15-13-16-10-11(17-13)18(6-8-2-3-8)14(21)19(12(10)20)7-9-4-5-9/h8-9H,2-7H2,1H3,(H2,15,16,17). The first-order chi connectivity index (χ1) is 10.2. The smallest absolute Gasteiger partial charge is 0.332 e. The van der Waals surface area contributed by atoms with E-state index in [9.17, 15) is 9.59 Å². The average molecular weight is 289 g/mol. The monoisotopic (exact) mass is 289 g/mol. The van der Waals surface area contributed by atoms with Crippen molar-refractivity contribution in [3.05, 3.63) is 20.8 Å². The normalized spacial score (nSPS) is 18.3. The van der Waals surface area contributed by atoms with Crippen LogP contribution in [0.15, 0.2) is 9.59 Å². The van der Waals surface area contributed by atoms with Crippen LogP contribution in [-0.4, -0.2) is 26.1 Å². The number of nitrogens with one attached hydrogen (secondary N) is 2. The predicted molar refractivity (Wildman–Crippen MR) is 79.6 cm³/mol. The van der Waals surface area contributed by atoms with Gasteiger partial charge in [0, 0.05) is 20.1 Å². The van der Waals surface area contributed by atoms with E-state index in [0.717, 1.165) is 25.7 Å². The highest BCUT2D eigenvalue weighted by Gasteiger charge is 2.28. The number of imidazole rings is 1. The van der Waals surface area contributed by atoms with Gasteiger partial charge < -0.3 is 10.3 Å². The van der Waals surface area contributed by atoms with Crippen molar-refractivity contribution in [2.75, 3.05) is 12.4 Å². The molecule has 2 fully saturated rings. The Balaban J connectivity index is 1.94. The van der Waals surface area contributed by atoms with Gasteiger partial charge in [-0.25, -0.2) is 4.79 Å². The number of hydrogen-bond acceptors (Lipinski definition) is 4. The van der Waals surface area contributed by atoms with E-state index in [1.54, 1.807) is 11.6 Å². The van der Waals surface area contributed by atoms with Crippen LogP contribution in [-0.2, 0) is 13.1 Å². The molecule has 2 aliphatic rings. The van der Waals surface area contributed by atoms with Crippen molar-refractivity contribution in [3.8, 4) is 0 Å². The molecule has 0 spiro atoms. The molecule has 0 radical (unpaired) electrons. The highest BCUT2D eigenvalue weighted by Crippen LogP contribution is 2.31. The maximum Gasteiger partial charge on any atom is 0.332 e. The predicted octanol–water partition coefficient (Wildman–Crippen LogP) is 0.748. The van der Waals surface area contributed by atoms with Gasteiger partial charge in [0.05, 0.1) is 0 Å². The Labute approximate surface area is 121 Å². The molecule has 0 aromatic carbocycles. The van der Waals surface area contributed by atoms with Crippen molar-refractivity contribution in [1.82, 2.24) is 19.1 Å². The molecule has 112 valence electrons. The van der Waals surface area contributed by atoms with Crippen LogP contribution in [0.4, 0.5) is 5.95 Å². The summed E-state index contributed by atoms with van der Waals surface area (Å²) < 4.78 is 3.06. The molecule has 7 heteroatoms. The van der Waals surface area contributed by atoms with E-state index in [2.05, 4.69) is 15.3 Å². The lowest BCUT2D eigenvalue weighted by molar-refractivity contribution is 0.520. The summed E-state index contributed by atoms with van der Waals surface area (Å²) in [7, 11) is 1.74. The zero-order chi connectivity index (χ0) is 14.6.